The number of hydrogen-bond acceptors (Lipinski definition) is 8. The normalized spacial score (nSPS) is 22.0. The summed E-state index contributed by atoms with van der Waals surface area (Å²) in [6, 6.07) is 1.82. The van der Waals surface area contributed by atoms with Crippen molar-refractivity contribution in [3.63, 3.8) is 0 Å². The molecule has 0 N–H and O–H groups in total. The first-order valence-corrected chi connectivity index (χ1v) is 11.5. The number of aromatic nitrogens is 4. The standard InChI is InChI=1S/C21H22N6O3S/c22-10-17-19(24-7-6-23-17)30-14-3-2-8-26(11-14)18(28)9-13-12-31-21-25-16-5-1-4-15(16)20(29)27(13)21/h6-7,13-14H,1-5,8-9,11-12H2. The van der Waals surface area contributed by atoms with E-state index in [0.717, 1.165) is 48.5 Å². The number of likely N-dealkylation sites (tertiary alicyclic amines) is 1. The molecule has 160 valence electrons. The number of aryl methyl sites for hydroxylation is 1. The smallest absolute Gasteiger partial charge is 0.257 e. The zero-order valence-corrected chi connectivity index (χ0v) is 17.8. The van der Waals surface area contributed by atoms with E-state index in [-0.39, 0.29) is 41.6 Å². The second-order valence-electron chi connectivity index (χ2n) is 8.06. The summed E-state index contributed by atoms with van der Waals surface area (Å²) in [5, 5.41) is 9.92. The molecule has 2 unspecified atom stereocenters. The van der Waals surface area contributed by atoms with Crippen molar-refractivity contribution in [2.75, 3.05) is 18.8 Å². The van der Waals surface area contributed by atoms with E-state index in [2.05, 4.69) is 15.0 Å². The van der Waals surface area contributed by atoms with Gasteiger partial charge in [-0.25, -0.2) is 15.0 Å². The average Bonchev–Trinajstić information content (AvgIpc) is 3.42. The van der Waals surface area contributed by atoms with Crippen molar-refractivity contribution in [3.8, 4) is 11.9 Å². The number of carbonyl (C=O) groups is 1. The number of thioether (sulfide) groups is 1. The Morgan fingerprint density at radius 3 is 3.03 bits per heavy atom. The molecule has 1 aliphatic carbocycles. The number of hydrogen-bond donors (Lipinski definition) is 0. The minimum absolute atomic E-state index is 0.0128. The molecule has 0 spiro atoms. The van der Waals surface area contributed by atoms with Gasteiger partial charge in [0.25, 0.3) is 11.4 Å². The van der Waals surface area contributed by atoms with Crippen LogP contribution in [0.15, 0.2) is 22.3 Å². The molecule has 0 saturated carbocycles. The topological polar surface area (TPSA) is 114 Å². The number of amides is 1. The monoisotopic (exact) mass is 438 g/mol. The zero-order valence-electron chi connectivity index (χ0n) is 17.0. The van der Waals surface area contributed by atoms with Gasteiger partial charge in [0, 0.05) is 36.7 Å². The lowest BCUT2D eigenvalue weighted by atomic mass is 10.1. The van der Waals surface area contributed by atoms with Gasteiger partial charge in [0.05, 0.1) is 18.3 Å². The van der Waals surface area contributed by atoms with Crippen LogP contribution in [0.25, 0.3) is 0 Å². The lowest BCUT2D eigenvalue weighted by Crippen LogP contribution is -2.45. The van der Waals surface area contributed by atoms with Crippen LogP contribution in [-0.4, -0.2) is 55.3 Å². The van der Waals surface area contributed by atoms with Gasteiger partial charge in [-0.15, -0.1) is 0 Å². The molecule has 0 bridgehead atoms. The fraction of sp³-hybridized carbons (Fsp3) is 0.524. The van der Waals surface area contributed by atoms with Gasteiger partial charge in [-0.3, -0.25) is 14.2 Å². The summed E-state index contributed by atoms with van der Waals surface area (Å²) >= 11 is 1.56. The van der Waals surface area contributed by atoms with Crippen LogP contribution in [-0.2, 0) is 17.6 Å². The first-order chi connectivity index (χ1) is 15.1. The molecule has 1 amide bonds. The van der Waals surface area contributed by atoms with Gasteiger partial charge in [0.1, 0.15) is 12.2 Å². The number of nitrogens with zero attached hydrogens (tertiary/aromatic N) is 6. The Hall–Kier alpha value is -2.93. The molecule has 2 aromatic rings. The second kappa shape index (κ2) is 8.30. The summed E-state index contributed by atoms with van der Waals surface area (Å²) < 4.78 is 7.63. The van der Waals surface area contributed by atoms with E-state index in [1.165, 1.54) is 12.4 Å². The highest BCUT2D eigenvalue weighted by molar-refractivity contribution is 7.99. The third-order valence-corrected chi connectivity index (χ3v) is 7.16. The molecule has 0 radical (unpaired) electrons. The van der Waals surface area contributed by atoms with Crippen LogP contribution in [0.3, 0.4) is 0 Å². The van der Waals surface area contributed by atoms with Gasteiger partial charge < -0.3 is 9.64 Å². The number of nitriles is 1. The van der Waals surface area contributed by atoms with E-state index in [4.69, 9.17) is 4.74 Å². The molecule has 1 fully saturated rings. The van der Waals surface area contributed by atoms with Crippen molar-refractivity contribution in [1.82, 2.24) is 24.4 Å². The van der Waals surface area contributed by atoms with Crippen molar-refractivity contribution in [3.05, 3.63) is 39.7 Å². The van der Waals surface area contributed by atoms with Crippen LogP contribution in [0, 0.1) is 11.3 Å². The molecule has 31 heavy (non-hydrogen) atoms. The quantitative estimate of drug-likeness (QED) is 0.660. The minimum atomic E-state index is -0.237. The van der Waals surface area contributed by atoms with E-state index in [1.54, 1.807) is 21.2 Å². The van der Waals surface area contributed by atoms with E-state index >= 15 is 0 Å². The maximum Gasteiger partial charge on any atom is 0.257 e. The Balaban J connectivity index is 1.27. The highest BCUT2D eigenvalue weighted by atomic mass is 32.2. The van der Waals surface area contributed by atoms with Gasteiger partial charge in [-0.2, -0.15) is 5.26 Å². The lowest BCUT2D eigenvalue weighted by Gasteiger charge is -2.33. The number of rotatable bonds is 4. The van der Waals surface area contributed by atoms with Gasteiger partial charge in [0.15, 0.2) is 5.16 Å². The minimum Gasteiger partial charge on any atom is -0.470 e. The highest BCUT2D eigenvalue weighted by Gasteiger charge is 2.33. The Morgan fingerprint density at radius 2 is 2.16 bits per heavy atom. The molecular weight excluding hydrogens is 416 g/mol. The number of piperidine rings is 1. The molecule has 9 nitrogen and oxygen atoms in total. The number of carbonyl (C=O) groups excluding carboxylic acids is 1. The SMILES string of the molecule is N#Cc1nccnc1OC1CCCN(C(=O)CC2CSc3nc4c(c(=O)n32)CCC4)C1. The van der Waals surface area contributed by atoms with Crippen molar-refractivity contribution in [2.45, 2.75) is 55.8 Å². The number of ether oxygens (including phenoxy) is 1. The van der Waals surface area contributed by atoms with Crippen LogP contribution in [0.4, 0.5) is 0 Å². The molecule has 4 heterocycles. The molecule has 5 rings (SSSR count). The van der Waals surface area contributed by atoms with E-state index < -0.39 is 0 Å². The lowest BCUT2D eigenvalue weighted by molar-refractivity contribution is -0.134. The van der Waals surface area contributed by atoms with Gasteiger partial charge >= 0.3 is 0 Å². The van der Waals surface area contributed by atoms with Crippen LogP contribution in [0.2, 0.25) is 0 Å². The van der Waals surface area contributed by atoms with Crippen LogP contribution < -0.4 is 10.3 Å². The van der Waals surface area contributed by atoms with E-state index in [1.807, 2.05) is 6.07 Å². The highest BCUT2D eigenvalue weighted by Crippen LogP contribution is 2.34. The number of fused-ring (bicyclic) bond motifs is 2. The average molecular weight is 439 g/mol. The molecule has 3 aliphatic rings. The summed E-state index contributed by atoms with van der Waals surface area (Å²) in [5.74, 6) is 0.908. The first-order valence-electron chi connectivity index (χ1n) is 10.6. The third-order valence-electron chi connectivity index (χ3n) is 6.06. The van der Waals surface area contributed by atoms with E-state index in [0.29, 0.717) is 18.8 Å². The largest absolute Gasteiger partial charge is 0.470 e. The molecule has 1 saturated heterocycles. The van der Waals surface area contributed by atoms with Crippen LogP contribution >= 0.6 is 11.8 Å². The summed E-state index contributed by atoms with van der Waals surface area (Å²) in [5.41, 5.74) is 1.94. The predicted octanol–water partition coefficient (Wildman–Crippen LogP) is 1.50. The Bertz CT molecular complexity index is 1130. The van der Waals surface area contributed by atoms with Crippen molar-refractivity contribution >= 4 is 17.7 Å². The molecule has 2 aliphatic heterocycles. The van der Waals surface area contributed by atoms with Gasteiger partial charge in [-0.1, -0.05) is 11.8 Å². The third kappa shape index (κ3) is 3.78. The Labute approximate surface area is 183 Å². The summed E-state index contributed by atoms with van der Waals surface area (Å²) in [6.07, 6.45) is 7.20. The zero-order chi connectivity index (χ0) is 21.4. The van der Waals surface area contributed by atoms with Crippen molar-refractivity contribution < 1.29 is 9.53 Å². The predicted molar refractivity (Wildman–Crippen MR) is 112 cm³/mol. The molecule has 10 heteroatoms. The van der Waals surface area contributed by atoms with Crippen LogP contribution in [0.1, 0.15) is 48.7 Å². The second-order valence-corrected chi connectivity index (χ2v) is 9.05. The van der Waals surface area contributed by atoms with Crippen molar-refractivity contribution in [2.24, 2.45) is 0 Å². The Morgan fingerprint density at radius 1 is 1.29 bits per heavy atom. The van der Waals surface area contributed by atoms with Crippen LogP contribution in [0.5, 0.6) is 5.88 Å². The molecule has 0 aromatic carbocycles. The molecule has 2 atom stereocenters. The summed E-state index contributed by atoms with van der Waals surface area (Å²) in [4.78, 5) is 40.6. The van der Waals surface area contributed by atoms with E-state index in [9.17, 15) is 14.9 Å². The Kier molecular flexibility index (Phi) is 5.36. The van der Waals surface area contributed by atoms with Gasteiger partial charge in [-0.05, 0) is 32.1 Å². The fourth-order valence-electron chi connectivity index (χ4n) is 4.54. The maximum absolute atomic E-state index is 13.1. The maximum atomic E-state index is 13.1. The summed E-state index contributed by atoms with van der Waals surface area (Å²) in [7, 11) is 0. The van der Waals surface area contributed by atoms with Gasteiger partial charge in [0.2, 0.25) is 11.6 Å². The fourth-order valence-corrected chi connectivity index (χ4v) is 5.69. The molecular formula is C21H22N6O3S. The molecule has 2 aromatic heterocycles. The summed E-state index contributed by atoms with van der Waals surface area (Å²) in [6.45, 7) is 1.10. The first kappa shape index (κ1) is 20.0. The van der Waals surface area contributed by atoms with Crippen molar-refractivity contribution in [1.29, 1.82) is 5.26 Å².